The van der Waals surface area contributed by atoms with Crippen molar-refractivity contribution < 1.29 is 4.79 Å². The minimum atomic E-state index is -0.537. The third kappa shape index (κ3) is 3.47. The standard InChI is InChI=1S/C24H19N7O2S2/c1-12-19(24(33)31(30(12)2)14-6-4-3-5-7-14)28-22(32)20-18(26)17-16(13-8-9-34-11-13)15(10-25)21(27)29-23(17)35-20/h3-9,11H,26H2,1-2H3,(H2,27,29)(H,28,32). The summed E-state index contributed by atoms with van der Waals surface area (Å²) in [6, 6.07) is 13.1. The van der Waals surface area contributed by atoms with Gasteiger partial charge in [-0.1, -0.05) is 18.2 Å². The number of carbonyl (C=O) groups excluding carboxylic acids is 1. The number of nitrogens with two attached hydrogens (primary N) is 2. The van der Waals surface area contributed by atoms with Gasteiger partial charge in [-0.05, 0) is 41.4 Å². The number of amides is 1. The third-order valence-corrected chi connectivity index (χ3v) is 7.61. The van der Waals surface area contributed by atoms with E-state index >= 15 is 0 Å². The molecule has 1 amide bonds. The van der Waals surface area contributed by atoms with Crippen LogP contribution in [0.2, 0.25) is 0 Å². The van der Waals surface area contributed by atoms with Crippen molar-refractivity contribution in [1.29, 1.82) is 5.26 Å². The molecule has 0 aliphatic carbocycles. The van der Waals surface area contributed by atoms with Crippen LogP contribution in [0.5, 0.6) is 0 Å². The quantitative estimate of drug-likeness (QED) is 0.338. The van der Waals surface area contributed by atoms with E-state index in [0.717, 1.165) is 16.9 Å². The van der Waals surface area contributed by atoms with E-state index in [1.165, 1.54) is 16.0 Å². The summed E-state index contributed by atoms with van der Waals surface area (Å²) in [7, 11) is 1.75. The highest BCUT2D eigenvalue weighted by molar-refractivity contribution is 7.21. The number of benzene rings is 1. The maximum Gasteiger partial charge on any atom is 0.295 e. The van der Waals surface area contributed by atoms with Crippen LogP contribution >= 0.6 is 22.7 Å². The Hall–Kier alpha value is -4.40. The van der Waals surface area contributed by atoms with Crippen LogP contribution in [0.3, 0.4) is 0 Å². The highest BCUT2D eigenvalue weighted by atomic mass is 32.1. The van der Waals surface area contributed by atoms with E-state index in [1.54, 1.807) is 18.7 Å². The summed E-state index contributed by atoms with van der Waals surface area (Å²) >= 11 is 2.53. The summed E-state index contributed by atoms with van der Waals surface area (Å²) < 4.78 is 3.16. The minimum absolute atomic E-state index is 0.0686. The average molecular weight is 502 g/mol. The van der Waals surface area contributed by atoms with Crippen molar-refractivity contribution >= 4 is 56.0 Å². The Balaban J connectivity index is 1.63. The second-order valence-corrected chi connectivity index (χ2v) is 9.57. The average Bonchev–Trinajstić information content (AvgIpc) is 3.54. The molecule has 0 radical (unpaired) electrons. The first-order valence-corrected chi connectivity index (χ1v) is 12.2. The number of thiophene rings is 2. The van der Waals surface area contributed by atoms with Gasteiger partial charge in [-0.2, -0.15) is 16.6 Å². The summed E-state index contributed by atoms with van der Waals surface area (Å²) in [4.78, 5) is 31.5. The van der Waals surface area contributed by atoms with Gasteiger partial charge >= 0.3 is 0 Å². The normalized spacial score (nSPS) is 11.0. The Kier molecular flexibility index (Phi) is 5.39. The lowest BCUT2D eigenvalue weighted by atomic mass is 9.99. The van der Waals surface area contributed by atoms with Gasteiger partial charge in [0.05, 0.1) is 17.1 Å². The molecule has 0 spiro atoms. The zero-order chi connectivity index (χ0) is 24.9. The van der Waals surface area contributed by atoms with Crippen LogP contribution in [0, 0.1) is 18.3 Å². The number of carbonyl (C=O) groups is 1. The first kappa shape index (κ1) is 22.4. The molecule has 5 aromatic rings. The lowest BCUT2D eigenvalue weighted by Crippen LogP contribution is -2.22. The largest absolute Gasteiger partial charge is 0.397 e. The van der Waals surface area contributed by atoms with Gasteiger partial charge in [0.2, 0.25) is 0 Å². The number of pyridine rings is 1. The summed E-state index contributed by atoms with van der Waals surface area (Å²) in [6.45, 7) is 1.75. The molecule has 0 unspecified atom stereocenters. The number of rotatable bonds is 4. The van der Waals surface area contributed by atoms with Crippen molar-refractivity contribution in [1.82, 2.24) is 14.3 Å². The number of hydrogen-bond donors (Lipinski definition) is 3. The molecule has 0 saturated carbocycles. The molecule has 4 heterocycles. The molecule has 0 bridgehead atoms. The van der Waals surface area contributed by atoms with Crippen LogP contribution in [0.25, 0.3) is 27.0 Å². The highest BCUT2D eigenvalue weighted by Gasteiger charge is 2.26. The zero-order valence-electron chi connectivity index (χ0n) is 18.7. The van der Waals surface area contributed by atoms with E-state index in [2.05, 4.69) is 16.4 Å². The number of nitriles is 1. The first-order chi connectivity index (χ1) is 16.8. The minimum Gasteiger partial charge on any atom is -0.397 e. The van der Waals surface area contributed by atoms with Crippen LogP contribution in [0.1, 0.15) is 20.9 Å². The third-order valence-electron chi connectivity index (χ3n) is 5.83. The Labute approximate surface area is 207 Å². The first-order valence-electron chi connectivity index (χ1n) is 10.4. The lowest BCUT2D eigenvalue weighted by Gasteiger charge is -2.08. The van der Waals surface area contributed by atoms with Crippen molar-refractivity contribution in [2.45, 2.75) is 6.92 Å². The molecule has 0 atom stereocenters. The van der Waals surface area contributed by atoms with Crippen LogP contribution < -0.4 is 22.3 Å². The maximum atomic E-state index is 13.3. The predicted molar refractivity (Wildman–Crippen MR) is 140 cm³/mol. The molecule has 35 heavy (non-hydrogen) atoms. The topological polar surface area (TPSA) is 145 Å². The number of anilines is 3. The van der Waals surface area contributed by atoms with Gasteiger partial charge in [-0.15, -0.1) is 11.3 Å². The molecule has 0 aliphatic rings. The van der Waals surface area contributed by atoms with Gasteiger partial charge in [-0.25, -0.2) is 9.67 Å². The molecule has 174 valence electrons. The Morgan fingerprint density at radius 3 is 2.60 bits per heavy atom. The second-order valence-electron chi connectivity index (χ2n) is 7.79. The molecule has 0 aliphatic heterocycles. The predicted octanol–water partition coefficient (Wildman–Crippen LogP) is 4.11. The highest BCUT2D eigenvalue weighted by Crippen LogP contribution is 2.43. The number of nitrogens with one attached hydrogen (secondary N) is 1. The van der Waals surface area contributed by atoms with Gasteiger partial charge in [0.1, 0.15) is 32.8 Å². The summed E-state index contributed by atoms with van der Waals surface area (Å²) in [6.07, 6.45) is 0. The fraction of sp³-hybridized carbons (Fsp3) is 0.0833. The van der Waals surface area contributed by atoms with Crippen molar-refractivity contribution in [3.8, 4) is 22.9 Å². The van der Waals surface area contributed by atoms with Crippen LogP contribution in [-0.4, -0.2) is 20.3 Å². The van der Waals surface area contributed by atoms with Crippen molar-refractivity contribution in [3.05, 3.63) is 73.6 Å². The molecular formula is C24H19N7O2S2. The molecular weight excluding hydrogens is 482 g/mol. The van der Waals surface area contributed by atoms with E-state index < -0.39 is 5.91 Å². The fourth-order valence-corrected chi connectivity index (χ4v) is 5.68. The van der Waals surface area contributed by atoms with E-state index in [1.807, 2.05) is 47.2 Å². The molecule has 5 N–H and O–H groups in total. The molecule has 0 saturated heterocycles. The number of hydrogen-bond acceptors (Lipinski definition) is 8. The van der Waals surface area contributed by atoms with E-state index in [0.29, 0.717) is 27.2 Å². The van der Waals surface area contributed by atoms with Gasteiger partial charge in [0.15, 0.2) is 0 Å². The number of fused-ring (bicyclic) bond motifs is 1. The SMILES string of the molecule is Cc1c(NC(=O)c2sc3nc(N)c(C#N)c(-c4ccsc4)c3c2N)c(=O)n(-c2ccccc2)n1C. The Morgan fingerprint density at radius 2 is 1.94 bits per heavy atom. The van der Waals surface area contributed by atoms with Crippen LogP contribution in [0.15, 0.2) is 52.0 Å². The molecule has 5 rings (SSSR count). The Morgan fingerprint density at radius 1 is 1.20 bits per heavy atom. The van der Waals surface area contributed by atoms with Crippen molar-refractivity contribution in [3.63, 3.8) is 0 Å². The van der Waals surface area contributed by atoms with Crippen LogP contribution in [-0.2, 0) is 7.05 Å². The monoisotopic (exact) mass is 501 g/mol. The van der Waals surface area contributed by atoms with E-state index in [9.17, 15) is 14.9 Å². The molecule has 1 aromatic carbocycles. The van der Waals surface area contributed by atoms with Crippen LogP contribution in [0.4, 0.5) is 17.2 Å². The Bertz CT molecular complexity index is 1710. The van der Waals surface area contributed by atoms with E-state index in [4.69, 9.17) is 11.5 Å². The number of nitrogens with zero attached hydrogens (tertiary/aromatic N) is 4. The number of aromatic nitrogens is 3. The molecule has 11 heteroatoms. The lowest BCUT2D eigenvalue weighted by molar-refractivity contribution is 0.103. The van der Waals surface area contributed by atoms with Crippen molar-refractivity contribution in [2.75, 3.05) is 16.8 Å². The summed E-state index contributed by atoms with van der Waals surface area (Å²) in [5.41, 5.74) is 15.3. The molecule has 0 fully saturated rings. The molecule has 9 nitrogen and oxygen atoms in total. The fourth-order valence-electron chi connectivity index (χ4n) is 4.03. The number of nitrogen functional groups attached to an aromatic ring is 2. The number of para-hydroxylation sites is 1. The van der Waals surface area contributed by atoms with E-state index in [-0.39, 0.29) is 33.2 Å². The van der Waals surface area contributed by atoms with Gasteiger partial charge in [0, 0.05) is 18.0 Å². The molecule has 4 aromatic heterocycles. The summed E-state index contributed by atoms with van der Waals surface area (Å²) in [5.74, 6) is -0.469. The second kappa shape index (κ2) is 8.43. The maximum absolute atomic E-state index is 13.3. The summed E-state index contributed by atoms with van der Waals surface area (Å²) in [5, 5.41) is 16.7. The van der Waals surface area contributed by atoms with Gasteiger partial charge < -0.3 is 16.8 Å². The van der Waals surface area contributed by atoms with Gasteiger partial charge in [0.25, 0.3) is 11.5 Å². The van der Waals surface area contributed by atoms with Crippen molar-refractivity contribution in [2.24, 2.45) is 7.05 Å². The smallest absolute Gasteiger partial charge is 0.295 e. The zero-order valence-corrected chi connectivity index (χ0v) is 20.3. The van der Waals surface area contributed by atoms with Gasteiger partial charge in [-0.3, -0.25) is 14.3 Å².